The van der Waals surface area contributed by atoms with Gasteiger partial charge < -0.3 is 9.47 Å². The standard InChI is InChI=1S/C21H23N3O3S/c1-5-27-20(25)15(3)28-21-23-22-19(16-10-12-17(26-4)13-11-16)24(21)18-9-7-6-8-14(18)2/h6-13,15H,5H2,1-4H3/t15-/m0/s1. The number of hydrogen-bond donors (Lipinski definition) is 0. The average molecular weight is 398 g/mol. The first-order chi connectivity index (χ1) is 13.5. The second kappa shape index (κ2) is 8.93. The van der Waals surface area contributed by atoms with Gasteiger partial charge in [0, 0.05) is 5.56 Å². The van der Waals surface area contributed by atoms with E-state index in [0.29, 0.717) is 17.6 Å². The van der Waals surface area contributed by atoms with Crippen molar-refractivity contribution in [2.75, 3.05) is 13.7 Å². The summed E-state index contributed by atoms with van der Waals surface area (Å²) >= 11 is 1.34. The van der Waals surface area contributed by atoms with Crippen LogP contribution in [0.1, 0.15) is 19.4 Å². The quantitative estimate of drug-likeness (QED) is 0.438. The Morgan fingerprint density at radius 3 is 2.50 bits per heavy atom. The normalized spacial score (nSPS) is 11.9. The van der Waals surface area contributed by atoms with Gasteiger partial charge in [-0.05, 0) is 56.7 Å². The number of nitrogens with zero attached hydrogens (tertiary/aromatic N) is 3. The van der Waals surface area contributed by atoms with E-state index in [0.717, 1.165) is 22.6 Å². The summed E-state index contributed by atoms with van der Waals surface area (Å²) in [6, 6.07) is 15.7. The molecule has 0 saturated heterocycles. The summed E-state index contributed by atoms with van der Waals surface area (Å²) in [5, 5.41) is 9.04. The molecular formula is C21H23N3O3S. The van der Waals surface area contributed by atoms with E-state index in [9.17, 15) is 4.79 Å². The number of hydrogen-bond acceptors (Lipinski definition) is 6. The van der Waals surface area contributed by atoms with Crippen LogP contribution in [0, 0.1) is 6.92 Å². The Bertz CT molecular complexity index is 954. The zero-order valence-corrected chi connectivity index (χ0v) is 17.2. The van der Waals surface area contributed by atoms with E-state index in [-0.39, 0.29) is 5.97 Å². The molecule has 0 bridgehead atoms. The number of esters is 1. The van der Waals surface area contributed by atoms with E-state index < -0.39 is 5.25 Å². The molecule has 1 aromatic heterocycles. The van der Waals surface area contributed by atoms with E-state index >= 15 is 0 Å². The maximum Gasteiger partial charge on any atom is 0.319 e. The van der Waals surface area contributed by atoms with Crippen LogP contribution in [-0.4, -0.2) is 39.7 Å². The summed E-state index contributed by atoms with van der Waals surface area (Å²) in [4.78, 5) is 12.1. The number of ether oxygens (including phenoxy) is 2. The SMILES string of the molecule is CCOC(=O)[C@H](C)Sc1nnc(-c2ccc(OC)cc2)n1-c1ccccc1C. The van der Waals surface area contributed by atoms with Crippen LogP contribution in [0.3, 0.4) is 0 Å². The number of thioether (sulfide) groups is 1. The third-order valence-electron chi connectivity index (χ3n) is 4.24. The average Bonchev–Trinajstić information content (AvgIpc) is 3.11. The lowest BCUT2D eigenvalue weighted by molar-refractivity contribution is -0.142. The Kier molecular flexibility index (Phi) is 6.36. The van der Waals surface area contributed by atoms with Gasteiger partial charge in [-0.25, -0.2) is 0 Å². The predicted octanol–water partition coefficient (Wildman–Crippen LogP) is 4.30. The molecule has 0 radical (unpaired) electrons. The Labute approximate surface area is 168 Å². The number of carbonyl (C=O) groups is 1. The van der Waals surface area contributed by atoms with Crippen LogP contribution in [-0.2, 0) is 9.53 Å². The van der Waals surface area contributed by atoms with Gasteiger partial charge >= 0.3 is 5.97 Å². The highest BCUT2D eigenvalue weighted by atomic mass is 32.2. The molecule has 0 unspecified atom stereocenters. The fraction of sp³-hybridized carbons (Fsp3) is 0.286. The lowest BCUT2D eigenvalue weighted by atomic mass is 10.1. The van der Waals surface area contributed by atoms with Crippen LogP contribution >= 0.6 is 11.8 Å². The van der Waals surface area contributed by atoms with Crippen LogP contribution in [0.4, 0.5) is 0 Å². The Morgan fingerprint density at radius 1 is 1.14 bits per heavy atom. The molecular weight excluding hydrogens is 374 g/mol. The van der Waals surface area contributed by atoms with Crippen molar-refractivity contribution in [3.8, 4) is 22.8 Å². The van der Waals surface area contributed by atoms with Gasteiger partial charge in [0.15, 0.2) is 11.0 Å². The van der Waals surface area contributed by atoms with E-state index in [2.05, 4.69) is 10.2 Å². The third kappa shape index (κ3) is 4.20. The molecule has 1 heterocycles. The minimum absolute atomic E-state index is 0.266. The van der Waals surface area contributed by atoms with Gasteiger partial charge in [0.05, 0.1) is 19.4 Å². The highest BCUT2D eigenvalue weighted by Crippen LogP contribution is 2.32. The van der Waals surface area contributed by atoms with Crippen LogP contribution in [0.5, 0.6) is 5.75 Å². The van der Waals surface area contributed by atoms with Gasteiger partial charge in [-0.15, -0.1) is 10.2 Å². The monoisotopic (exact) mass is 397 g/mol. The molecule has 3 rings (SSSR count). The van der Waals surface area contributed by atoms with Crippen LogP contribution < -0.4 is 4.74 Å². The molecule has 28 heavy (non-hydrogen) atoms. The molecule has 146 valence electrons. The molecule has 0 aliphatic carbocycles. The molecule has 2 aromatic carbocycles. The lowest BCUT2D eigenvalue weighted by Gasteiger charge is -2.15. The van der Waals surface area contributed by atoms with Crippen molar-refractivity contribution in [3.05, 3.63) is 54.1 Å². The lowest BCUT2D eigenvalue weighted by Crippen LogP contribution is -2.17. The van der Waals surface area contributed by atoms with Crippen LogP contribution in [0.25, 0.3) is 17.1 Å². The second-order valence-corrected chi connectivity index (χ2v) is 7.48. The van der Waals surface area contributed by atoms with Gasteiger partial charge in [0.25, 0.3) is 0 Å². The molecule has 6 nitrogen and oxygen atoms in total. The highest BCUT2D eigenvalue weighted by Gasteiger charge is 2.23. The highest BCUT2D eigenvalue weighted by molar-refractivity contribution is 8.00. The van der Waals surface area contributed by atoms with Crippen LogP contribution in [0.2, 0.25) is 0 Å². The first kappa shape index (κ1) is 19.9. The number of carbonyl (C=O) groups excluding carboxylic acids is 1. The zero-order valence-electron chi connectivity index (χ0n) is 16.4. The van der Waals surface area contributed by atoms with Crippen molar-refractivity contribution < 1.29 is 14.3 Å². The molecule has 0 N–H and O–H groups in total. The first-order valence-electron chi connectivity index (χ1n) is 9.04. The van der Waals surface area contributed by atoms with Crippen molar-refractivity contribution in [1.82, 2.24) is 14.8 Å². The minimum Gasteiger partial charge on any atom is -0.497 e. The molecule has 0 aliphatic rings. The maximum absolute atomic E-state index is 12.1. The maximum atomic E-state index is 12.1. The smallest absolute Gasteiger partial charge is 0.319 e. The molecule has 1 atom stereocenters. The van der Waals surface area contributed by atoms with E-state index in [1.54, 1.807) is 14.0 Å². The van der Waals surface area contributed by atoms with E-state index in [1.807, 2.05) is 66.9 Å². The Morgan fingerprint density at radius 2 is 1.86 bits per heavy atom. The number of para-hydroxylation sites is 1. The van der Waals surface area contributed by atoms with Gasteiger partial charge in [-0.2, -0.15) is 0 Å². The van der Waals surface area contributed by atoms with E-state index in [4.69, 9.17) is 9.47 Å². The summed E-state index contributed by atoms with van der Waals surface area (Å²) in [7, 11) is 1.64. The number of methoxy groups -OCH3 is 1. The minimum atomic E-state index is -0.393. The molecule has 7 heteroatoms. The molecule has 3 aromatic rings. The van der Waals surface area contributed by atoms with Gasteiger partial charge in [-0.1, -0.05) is 30.0 Å². The molecule has 0 amide bonds. The van der Waals surface area contributed by atoms with Crippen molar-refractivity contribution in [2.45, 2.75) is 31.2 Å². The third-order valence-corrected chi connectivity index (χ3v) is 5.26. The number of rotatable bonds is 7. The summed E-state index contributed by atoms with van der Waals surface area (Å²) in [5.74, 6) is 1.21. The number of aryl methyl sites for hydroxylation is 1. The zero-order chi connectivity index (χ0) is 20.1. The van der Waals surface area contributed by atoms with Crippen molar-refractivity contribution in [2.24, 2.45) is 0 Å². The Hall–Kier alpha value is -2.80. The molecule has 0 spiro atoms. The summed E-state index contributed by atoms with van der Waals surface area (Å²) in [6.45, 7) is 6.00. The van der Waals surface area contributed by atoms with Gasteiger partial charge in [-0.3, -0.25) is 9.36 Å². The van der Waals surface area contributed by atoms with Crippen LogP contribution in [0.15, 0.2) is 53.7 Å². The molecule has 0 aliphatic heterocycles. The van der Waals surface area contributed by atoms with Crippen molar-refractivity contribution in [3.63, 3.8) is 0 Å². The fourth-order valence-electron chi connectivity index (χ4n) is 2.77. The first-order valence-corrected chi connectivity index (χ1v) is 9.92. The summed E-state index contributed by atoms with van der Waals surface area (Å²) < 4.78 is 12.4. The molecule has 0 saturated carbocycles. The van der Waals surface area contributed by atoms with Gasteiger partial charge in [0.1, 0.15) is 11.0 Å². The number of aromatic nitrogens is 3. The summed E-state index contributed by atoms with van der Waals surface area (Å²) in [6.07, 6.45) is 0. The predicted molar refractivity (Wildman–Crippen MR) is 110 cm³/mol. The topological polar surface area (TPSA) is 66.2 Å². The largest absolute Gasteiger partial charge is 0.497 e. The second-order valence-electron chi connectivity index (χ2n) is 6.17. The molecule has 0 fully saturated rings. The van der Waals surface area contributed by atoms with Gasteiger partial charge in [0.2, 0.25) is 0 Å². The van der Waals surface area contributed by atoms with E-state index in [1.165, 1.54) is 11.8 Å². The Balaban J connectivity index is 2.07. The summed E-state index contributed by atoms with van der Waals surface area (Å²) in [5.41, 5.74) is 2.96. The fourth-order valence-corrected chi connectivity index (χ4v) is 3.63. The number of benzene rings is 2. The van der Waals surface area contributed by atoms with Crippen molar-refractivity contribution in [1.29, 1.82) is 0 Å². The van der Waals surface area contributed by atoms with Crippen molar-refractivity contribution >= 4 is 17.7 Å².